The van der Waals surface area contributed by atoms with E-state index < -0.39 is 11.5 Å². The lowest BCUT2D eigenvalue weighted by molar-refractivity contribution is -0.143. The van der Waals surface area contributed by atoms with Gasteiger partial charge in [-0.05, 0) is 19.8 Å². The van der Waals surface area contributed by atoms with Crippen LogP contribution in [0.15, 0.2) is 0 Å². The van der Waals surface area contributed by atoms with Crippen molar-refractivity contribution in [2.45, 2.75) is 38.3 Å². The van der Waals surface area contributed by atoms with Gasteiger partial charge in [-0.2, -0.15) is 0 Å². The maximum Gasteiger partial charge on any atom is 0.325 e. The molecule has 0 bridgehead atoms. The number of carboxylic acid groups (broad SMARTS) is 1. The van der Waals surface area contributed by atoms with E-state index in [2.05, 4.69) is 5.32 Å². The molecule has 6 heteroatoms. The van der Waals surface area contributed by atoms with Gasteiger partial charge in [-0.3, -0.25) is 14.5 Å². The summed E-state index contributed by atoms with van der Waals surface area (Å²) in [5.41, 5.74) is 4.52. The summed E-state index contributed by atoms with van der Waals surface area (Å²) < 4.78 is 0. The SMILES string of the molecule is CCC(C)NC(=O)CN1CCC(N)(C(=O)O)C1. The molecule has 0 aromatic rings. The number of hydrogen-bond acceptors (Lipinski definition) is 4. The van der Waals surface area contributed by atoms with Crippen LogP contribution in [0.2, 0.25) is 0 Å². The minimum atomic E-state index is -1.20. The van der Waals surface area contributed by atoms with Crippen LogP contribution in [0, 0.1) is 0 Å². The Kier molecular flexibility index (Phi) is 4.47. The number of carboxylic acids is 1. The number of amides is 1. The van der Waals surface area contributed by atoms with Gasteiger partial charge in [-0.15, -0.1) is 0 Å². The lowest BCUT2D eigenvalue weighted by Gasteiger charge is -2.20. The van der Waals surface area contributed by atoms with Gasteiger partial charge >= 0.3 is 5.97 Å². The highest BCUT2D eigenvalue weighted by atomic mass is 16.4. The average molecular weight is 243 g/mol. The highest BCUT2D eigenvalue weighted by Crippen LogP contribution is 2.18. The molecule has 0 saturated carbocycles. The van der Waals surface area contributed by atoms with Crippen LogP contribution in [0.25, 0.3) is 0 Å². The smallest absolute Gasteiger partial charge is 0.325 e. The van der Waals surface area contributed by atoms with Crippen LogP contribution in [0.4, 0.5) is 0 Å². The summed E-state index contributed by atoms with van der Waals surface area (Å²) in [5, 5.41) is 11.8. The first kappa shape index (κ1) is 13.9. The fraction of sp³-hybridized carbons (Fsp3) is 0.818. The fourth-order valence-corrected chi connectivity index (χ4v) is 1.85. The summed E-state index contributed by atoms with van der Waals surface area (Å²) in [6, 6.07) is 0.146. The van der Waals surface area contributed by atoms with Crippen molar-refractivity contribution in [3.63, 3.8) is 0 Å². The summed E-state index contributed by atoms with van der Waals surface area (Å²) in [6.45, 7) is 4.94. The normalized spacial score (nSPS) is 26.8. The Balaban J connectivity index is 2.40. The zero-order valence-electron chi connectivity index (χ0n) is 10.4. The van der Waals surface area contributed by atoms with Crippen LogP contribution in [-0.2, 0) is 9.59 Å². The number of likely N-dealkylation sites (tertiary alicyclic amines) is 1. The summed E-state index contributed by atoms with van der Waals surface area (Å²) in [6.07, 6.45) is 1.26. The molecule has 0 aliphatic carbocycles. The lowest BCUT2D eigenvalue weighted by atomic mass is 10.0. The van der Waals surface area contributed by atoms with Crippen LogP contribution in [0.5, 0.6) is 0 Å². The molecule has 4 N–H and O–H groups in total. The second kappa shape index (κ2) is 5.46. The van der Waals surface area contributed by atoms with E-state index in [9.17, 15) is 9.59 Å². The van der Waals surface area contributed by atoms with Gasteiger partial charge in [0.25, 0.3) is 0 Å². The van der Waals surface area contributed by atoms with Crippen LogP contribution in [-0.4, -0.2) is 53.1 Å². The predicted molar refractivity (Wildman–Crippen MR) is 63.5 cm³/mol. The number of nitrogens with zero attached hydrogens (tertiary/aromatic N) is 1. The molecule has 0 radical (unpaired) electrons. The van der Waals surface area contributed by atoms with E-state index in [0.29, 0.717) is 13.0 Å². The lowest BCUT2D eigenvalue weighted by Crippen LogP contribution is -2.51. The minimum Gasteiger partial charge on any atom is -0.480 e. The third-order valence-corrected chi connectivity index (χ3v) is 3.19. The summed E-state index contributed by atoms with van der Waals surface area (Å²) in [4.78, 5) is 24.3. The molecule has 0 aromatic carbocycles. The van der Waals surface area contributed by atoms with Crippen molar-refractivity contribution in [2.75, 3.05) is 19.6 Å². The number of nitrogens with two attached hydrogens (primary N) is 1. The Hall–Kier alpha value is -1.14. The van der Waals surface area contributed by atoms with E-state index in [0.717, 1.165) is 6.42 Å². The van der Waals surface area contributed by atoms with Gasteiger partial charge in [0, 0.05) is 19.1 Å². The van der Waals surface area contributed by atoms with Gasteiger partial charge in [-0.1, -0.05) is 6.92 Å². The van der Waals surface area contributed by atoms with Crippen molar-refractivity contribution in [1.29, 1.82) is 0 Å². The van der Waals surface area contributed by atoms with E-state index >= 15 is 0 Å². The van der Waals surface area contributed by atoms with Crippen molar-refractivity contribution in [1.82, 2.24) is 10.2 Å². The molecule has 6 nitrogen and oxygen atoms in total. The largest absolute Gasteiger partial charge is 0.480 e. The molecule has 0 aromatic heterocycles. The monoisotopic (exact) mass is 243 g/mol. The Morgan fingerprint density at radius 2 is 2.24 bits per heavy atom. The quantitative estimate of drug-likeness (QED) is 0.598. The van der Waals surface area contributed by atoms with Crippen LogP contribution in [0.3, 0.4) is 0 Å². The van der Waals surface area contributed by atoms with Crippen molar-refractivity contribution < 1.29 is 14.7 Å². The van der Waals surface area contributed by atoms with Crippen LogP contribution < -0.4 is 11.1 Å². The summed E-state index contributed by atoms with van der Waals surface area (Å²) >= 11 is 0. The van der Waals surface area contributed by atoms with Crippen molar-refractivity contribution in [3.05, 3.63) is 0 Å². The topological polar surface area (TPSA) is 95.7 Å². The summed E-state index contributed by atoms with van der Waals surface area (Å²) in [7, 11) is 0. The van der Waals surface area contributed by atoms with Crippen molar-refractivity contribution in [2.24, 2.45) is 5.73 Å². The van der Waals surface area contributed by atoms with Gasteiger partial charge in [0.05, 0.1) is 6.54 Å². The number of carbonyl (C=O) groups is 2. The first-order chi connectivity index (χ1) is 7.87. The molecule has 17 heavy (non-hydrogen) atoms. The molecular weight excluding hydrogens is 222 g/mol. The zero-order chi connectivity index (χ0) is 13.1. The molecule has 2 unspecified atom stereocenters. The third-order valence-electron chi connectivity index (χ3n) is 3.19. The molecule has 1 amide bonds. The summed E-state index contributed by atoms with van der Waals surface area (Å²) in [5.74, 6) is -1.07. The molecule has 0 spiro atoms. The van der Waals surface area contributed by atoms with Gasteiger partial charge in [0.1, 0.15) is 5.54 Å². The molecule has 1 saturated heterocycles. The van der Waals surface area contributed by atoms with E-state index in [4.69, 9.17) is 10.8 Å². The highest BCUT2D eigenvalue weighted by Gasteiger charge is 2.41. The number of rotatable bonds is 5. The zero-order valence-corrected chi connectivity index (χ0v) is 10.4. The second-order valence-electron chi connectivity index (χ2n) is 4.80. The van der Waals surface area contributed by atoms with Crippen LogP contribution in [0.1, 0.15) is 26.7 Å². The first-order valence-electron chi connectivity index (χ1n) is 5.91. The van der Waals surface area contributed by atoms with E-state index in [-0.39, 0.29) is 25.0 Å². The number of carbonyl (C=O) groups excluding carboxylic acids is 1. The van der Waals surface area contributed by atoms with Gasteiger partial charge in [0.15, 0.2) is 0 Å². The Bertz CT molecular complexity index is 308. The average Bonchev–Trinajstić information content (AvgIpc) is 2.61. The Morgan fingerprint density at radius 1 is 1.59 bits per heavy atom. The molecule has 2 atom stereocenters. The number of aliphatic carboxylic acids is 1. The molecule has 98 valence electrons. The highest BCUT2D eigenvalue weighted by molar-refractivity contribution is 5.81. The van der Waals surface area contributed by atoms with Crippen LogP contribution >= 0.6 is 0 Å². The molecule has 1 rings (SSSR count). The Labute approximate surface area is 101 Å². The fourth-order valence-electron chi connectivity index (χ4n) is 1.85. The van der Waals surface area contributed by atoms with E-state index in [1.807, 2.05) is 13.8 Å². The molecule has 1 fully saturated rings. The van der Waals surface area contributed by atoms with Gasteiger partial charge < -0.3 is 16.2 Å². The molecular formula is C11H21N3O3. The first-order valence-corrected chi connectivity index (χ1v) is 5.91. The number of nitrogens with one attached hydrogen (secondary N) is 1. The van der Waals surface area contributed by atoms with E-state index in [1.165, 1.54) is 0 Å². The van der Waals surface area contributed by atoms with E-state index in [1.54, 1.807) is 4.90 Å². The molecule has 1 aliphatic heterocycles. The van der Waals surface area contributed by atoms with Crippen molar-refractivity contribution in [3.8, 4) is 0 Å². The third kappa shape index (κ3) is 3.67. The minimum absolute atomic E-state index is 0.0750. The maximum absolute atomic E-state index is 11.6. The second-order valence-corrected chi connectivity index (χ2v) is 4.80. The Morgan fingerprint density at radius 3 is 2.71 bits per heavy atom. The van der Waals surface area contributed by atoms with Gasteiger partial charge in [-0.25, -0.2) is 0 Å². The molecule has 1 aliphatic rings. The van der Waals surface area contributed by atoms with Crippen molar-refractivity contribution >= 4 is 11.9 Å². The standard InChI is InChI=1S/C11H21N3O3/c1-3-8(2)13-9(15)6-14-5-4-11(12,7-14)10(16)17/h8H,3-7,12H2,1-2H3,(H,13,15)(H,16,17). The maximum atomic E-state index is 11.6. The number of hydrogen-bond donors (Lipinski definition) is 3. The predicted octanol–water partition coefficient (Wildman–Crippen LogP) is -0.611. The van der Waals surface area contributed by atoms with Gasteiger partial charge in [0.2, 0.25) is 5.91 Å². The molecule has 1 heterocycles.